The number of rotatable bonds is 7. The molecule has 7 heteroatoms. The van der Waals surface area contributed by atoms with Crippen molar-refractivity contribution in [2.75, 3.05) is 19.6 Å². The number of aromatic nitrogens is 3. The van der Waals surface area contributed by atoms with Crippen molar-refractivity contribution in [1.29, 1.82) is 0 Å². The Bertz CT molecular complexity index is 883. The molecule has 0 spiro atoms. The molecule has 3 rings (SSSR count). The molecule has 3 heterocycles. The van der Waals surface area contributed by atoms with E-state index in [9.17, 15) is 4.79 Å². The first-order valence-electron chi connectivity index (χ1n) is 8.88. The smallest absolute Gasteiger partial charge is 0.252 e. The Morgan fingerprint density at radius 3 is 2.81 bits per heavy atom. The third-order valence-electron chi connectivity index (χ3n) is 4.76. The van der Waals surface area contributed by atoms with Crippen molar-refractivity contribution >= 4 is 28.3 Å². The molecule has 0 radical (unpaired) electrons. The van der Waals surface area contributed by atoms with Gasteiger partial charge in [0.2, 0.25) is 0 Å². The fourth-order valence-electron chi connectivity index (χ4n) is 3.31. The minimum absolute atomic E-state index is 0.102. The monoisotopic (exact) mass is 371 g/mol. The second-order valence-electron chi connectivity index (χ2n) is 6.31. The summed E-state index contributed by atoms with van der Waals surface area (Å²) in [5.74, 6) is -0.102. The standard InChI is InChI=1S/C19H25N5OS/c1-5-24(6-2)17(14-7-8-26-12-14)11-21-19(25)15-9-16-13(3)22-23(4)18(16)20-10-15/h7-10,12,17H,5-6,11H2,1-4H3,(H,21,25). The highest BCUT2D eigenvalue weighted by atomic mass is 32.1. The zero-order valence-electron chi connectivity index (χ0n) is 15.7. The van der Waals surface area contributed by atoms with Crippen molar-refractivity contribution in [3.05, 3.63) is 45.9 Å². The van der Waals surface area contributed by atoms with Crippen molar-refractivity contribution in [2.45, 2.75) is 26.8 Å². The van der Waals surface area contributed by atoms with E-state index in [1.165, 1.54) is 5.56 Å². The molecule has 1 N–H and O–H groups in total. The third kappa shape index (κ3) is 3.64. The van der Waals surface area contributed by atoms with E-state index in [2.05, 4.69) is 51.0 Å². The number of aryl methyl sites for hydroxylation is 2. The second-order valence-corrected chi connectivity index (χ2v) is 7.09. The minimum Gasteiger partial charge on any atom is -0.350 e. The van der Waals surface area contributed by atoms with E-state index >= 15 is 0 Å². The molecule has 138 valence electrons. The van der Waals surface area contributed by atoms with Gasteiger partial charge in [0.15, 0.2) is 5.65 Å². The van der Waals surface area contributed by atoms with Crippen molar-refractivity contribution in [3.8, 4) is 0 Å². The van der Waals surface area contributed by atoms with Crippen LogP contribution in [-0.2, 0) is 7.05 Å². The number of thiophene rings is 1. The van der Waals surface area contributed by atoms with Crippen LogP contribution in [-0.4, -0.2) is 45.2 Å². The Morgan fingerprint density at radius 2 is 2.15 bits per heavy atom. The molecule has 0 bridgehead atoms. The van der Waals surface area contributed by atoms with Crippen LogP contribution in [0.25, 0.3) is 11.0 Å². The van der Waals surface area contributed by atoms with E-state index in [4.69, 9.17) is 0 Å². The number of hydrogen-bond donors (Lipinski definition) is 1. The van der Waals surface area contributed by atoms with E-state index in [1.807, 2.05) is 20.0 Å². The van der Waals surface area contributed by atoms with Crippen molar-refractivity contribution in [1.82, 2.24) is 25.0 Å². The summed E-state index contributed by atoms with van der Waals surface area (Å²) in [5.41, 5.74) is 3.48. The Morgan fingerprint density at radius 1 is 1.38 bits per heavy atom. The Labute approximate surface area is 157 Å². The Hall–Kier alpha value is -2.25. The average Bonchev–Trinajstić information content (AvgIpc) is 3.27. The molecule has 0 fully saturated rings. The van der Waals surface area contributed by atoms with Gasteiger partial charge in [0, 0.05) is 25.2 Å². The van der Waals surface area contributed by atoms with Crippen LogP contribution < -0.4 is 5.32 Å². The highest BCUT2D eigenvalue weighted by Gasteiger charge is 2.20. The molecule has 3 aromatic rings. The van der Waals surface area contributed by atoms with Crippen molar-refractivity contribution < 1.29 is 4.79 Å². The molecule has 0 aliphatic carbocycles. The first kappa shape index (κ1) is 18.5. The van der Waals surface area contributed by atoms with Crippen molar-refractivity contribution in [2.24, 2.45) is 7.05 Å². The summed E-state index contributed by atoms with van der Waals surface area (Å²) in [6.07, 6.45) is 1.62. The predicted molar refractivity (Wildman–Crippen MR) is 106 cm³/mol. The number of nitrogens with zero attached hydrogens (tertiary/aromatic N) is 4. The summed E-state index contributed by atoms with van der Waals surface area (Å²) >= 11 is 1.68. The average molecular weight is 372 g/mol. The maximum absolute atomic E-state index is 12.7. The lowest BCUT2D eigenvalue weighted by Crippen LogP contribution is -2.37. The molecular weight excluding hydrogens is 346 g/mol. The molecule has 6 nitrogen and oxygen atoms in total. The number of fused-ring (bicyclic) bond motifs is 1. The third-order valence-corrected chi connectivity index (χ3v) is 5.46. The Balaban J connectivity index is 1.77. The zero-order chi connectivity index (χ0) is 18.7. The zero-order valence-corrected chi connectivity index (χ0v) is 16.5. The van der Waals surface area contributed by atoms with Gasteiger partial charge < -0.3 is 5.32 Å². The largest absolute Gasteiger partial charge is 0.350 e. The molecule has 1 amide bonds. The molecule has 0 aliphatic rings. The van der Waals surface area contributed by atoms with Gasteiger partial charge in [0.1, 0.15) is 0 Å². The van der Waals surface area contributed by atoms with E-state index in [1.54, 1.807) is 22.2 Å². The summed E-state index contributed by atoms with van der Waals surface area (Å²) in [7, 11) is 1.86. The summed E-state index contributed by atoms with van der Waals surface area (Å²) in [5, 5.41) is 12.6. The van der Waals surface area contributed by atoms with Gasteiger partial charge in [-0.15, -0.1) is 0 Å². The number of amides is 1. The van der Waals surface area contributed by atoms with Crippen LogP contribution in [0.3, 0.4) is 0 Å². The van der Waals surface area contributed by atoms with E-state index in [0.717, 1.165) is 29.8 Å². The van der Waals surface area contributed by atoms with E-state index < -0.39 is 0 Å². The van der Waals surface area contributed by atoms with Gasteiger partial charge in [-0.3, -0.25) is 14.4 Å². The van der Waals surface area contributed by atoms with Crippen LogP contribution in [0.2, 0.25) is 0 Å². The van der Waals surface area contributed by atoms with Crippen LogP contribution in [0, 0.1) is 6.92 Å². The summed E-state index contributed by atoms with van der Waals surface area (Å²) in [4.78, 5) is 19.4. The molecule has 3 aromatic heterocycles. The molecule has 0 saturated heterocycles. The maximum Gasteiger partial charge on any atom is 0.252 e. The van der Waals surface area contributed by atoms with Gasteiger partial charge in [-0.05, 0) is 48.5 Å². The molecular formula is C19H25N5OS. The second kappa shape index (κ2) is 7.97. The maximum atomic E-state index is 12.7. The number of nitrogens with one attached hydrogen (secondary N) is 1. The SMILES string of the molecule is CCN(CC)C(CNC(=O)c1cnc2c(c1)c(C)nn2C)c1ccsc1. The number of hydrogen-bond acceptors (Lipinski definition) is 5. The van der Waals surface area contributed by atoms with Gasteiger partial charge >= 0.3 is 0 Å². The molecule has 26 heavy (non-hydrogen) atoms. The Kier molecular flexibility index (Phi) is 5.68. The molecule has 0 saturated carbocycles. The number of carbonyl (C=O) groups is 1. The van der Waals surface area contributed by atoms with Crippen LogP contribution in [0.4, 0.5) is 0 Å². The molecule has 0 aliphatic heterocycles. The quantitative estimate of drug-likeness (QED) is 0.693. The fourth-order valence-corrected chi connectivity index (χ4v) is 4.02. The number of pyridine rings is 1. The lowest BCUT2D eigenvalue weighted by molar-refractivity contribution is 0.0935. The van der Waals surface area contributed by atoms with E-state index in [-0.39, 0.29) is 11.9 Å². The summed E-state index contributed by atoms with van der Waals surface area (Å²) in [6.45, 7) is 8.67. The lowest BCUT2D eigenvalue weighted by Gasteiger charge is -2.29. The van der Waals surface area contributed by atoms with Crippen LogP contribution >= 0.6 is 11.3 Å². The number of likely N-dealkylation sites (N-methyl/N-ethyl adjacent to an activating group) is 1. The van der Waals surface area contributed by atoms with Gasteiger partial charge in [0.05, 0.1) is 17.3 Å². The predicted octanol–water partition coefficient (Wildman–Crippen LogP) is 3.15. The molecule has 1 unspecified atom stereocenters. The first-order valence-corrected chi connectivity index (χ1v) is 9.83. The summed E-state index contributed by atoms with van der Waals surface area (Å²) in [6, 6.07) is 4.18. The topological polar surface area (TPSA) is 63.1 Å². The minimum atomic E-state index is -0.102. The normalized spacial score (nSPS) is 12.7. The van der Waals surface area contributed by atoms with Gasteiger partial charge in [-0.2, -0.15) is 16.4 Å². The van der Waals surface area contributed by atoms with Gasteiger partial charge in [-0.1, -0.05) is 13.8 Å². The molecule has 0 aromatic carbocycles. The number of carbonyl (C=O) groups excluding carboxylic acids is 1. The summed E-state index contributed by atoms with van der Waals surface area (Å²) < 4.78 is 1.74. The van der Waals surface area contributed by atoms with Gasteiger partial charge in [0.25, 0.3) is 5.91 Å². The van der Waals surface area contributed by atoms with Gasteiger partial charge in [-0.25, -0.2) is 4.98 Å². The van der Waals surface area contributed by atoms with Crippen LogP contribution in [0.15, 0.2) is 29.1 Å². The fraction of sp³-hybridized carbons (Fsp3) is 0.421. The van der Waals surface area contributed by atoms with Crippen molar-refractivity contribution in [3.63, 3.8) is 0 Å². The molecule has 1 atom stereocenters. The first-order chi connectivity index (χ1) is 12.5. The van der Waals surface area contributed by atoms with Crippen LogP contribution in [0.5, 0.6) is 0 Å². The van der Waals surface area contributed by atoms with Crippen LogP contribution in [0.1, 0.15) is 41.5 Å². The highest BCUT2D eigenvalue weighted by molar-refractivity contribution is 7.07. The lowest BCUT2D eigenvalue weighted by atomic mass is 10.1. The van der Waals surface area contributed by atoms with E-state index in [0.29, 0.717) is 12.1 Å². The highest BCUT2D eigenvalue weighted by Crippen LogP contribution is 2.22.